The van der Waals surface area contributed by atoms with Crippen molar-refractivity contribution in [1.82, 2.24) is 14.8 Å². The first-order valence-electron chi connectivity index (χ1n) is 9.58. The number of carbonyl (C=O) groups excluding carboxylic acids is 3. The van der Waals surface area contributed by atoms with Crippen LogP contribution in [0.5, 0.6) is 0 Å². The van der Waals surface area contributed by atoms with Gasteiger partial charge in [-0.25, -0.2) is 0 Å². The summed E-state index contributed by atoms with van der Waals surface area (Å²) in [6.45, 7) is 4.04. The minimum absolute atomic E-state index is 0.0966. The van der Waals surface area contributed by atoms with Crippen LogP contribution in [0.1, 0.15) is 36.2 Å². The number of Topliss-reactive ketones (excluding diaryl/α,β-unsaturated/α-hetero) is 2. The number of likely N-dealkylation sites (N-methyl/N-ethyl adjacent to an activating group) is 2. The fourth-order valence-corrected chi connectivity index (χ4v) is 4.55. The highest BCUT2D eigenvalue weighted by atomic mass is 32.1. The van der Waals surface area contributed by atoms with E-state index < -0.39 is 5.91 Å². The number of methoxy groups -OCH3 is 1. The second kappa shape index (κ2) is 8.89. The Balaban J connectivity index is 2.04. The SMILES string of the molecule is COCC(=O)N(C)C1=C(N(C)CCc2ccccn2)C(=O)c2c(sc(C)c2C)C1=O. The number of fused-ring (bicyclic) bond motifs is 1. The maximum absolute atomic E-state index is 13.5. The van der Waals surface area contributed by atoms with Crippen molar-refractivity contribution in [3.63, 3.8) is 0 Å². The summed E-state index contributed by atoms with van der Waals surface area (Å²) in [5, 5.41) is 0. The highest BCUT2D eigenvalue weighted by Gasteiger charge is 2.40. The number of amides is 1. The van der Waals surface area contributed by atoms with Gasteiger partial charge in [-0.1, -0.05) is 6.07 Å². The first-order chi connectivity index (χ1) is 14.3. The van der Waals surface area contributed by atoms with Crippen molar-refractivity contribution in [2.24, 2.45) is 0 Å². The van der Waals surface area contributed by atoms with Crippen LogP contribution in [0, 0.1) is 13.8 Å². The second-order valence-corrected chi connectivity index (χ2v) is 8.45. The smallest absolute Gasteiger partial charge is 0.252 e. The summed E-state index contributed by atoms with van der Waals surface area (Å²) >= 11 is 1.30. The van der Waals surface area contributed by atoms with Crippen LogP contribution in [0.25, 0.3) is 0 Å². The predicted molar refractivity (Wildman–Crippen MR) is 115 cm³/mol. The number of carbonyl (C=O) groups is 3. The van der Waals surface area contributed by atoms with Crippen molar-refractivity contribution in [3.05, 3.63) is 62.4 Å². The summed E-state index contributed by atoms with van der Waals surface area (Å²) in [4.78, 5) is 48.0. The Morgan fingerprint density at radius 1 is 1.13 bits per heavy atom. The molecule has 0 unspecified atom stereocenters. The van der Waals surface area contributed by atoms with Gasteiger partial charge < -0.3 is 14.5 Å². The minimum Gasteiger partial charge on any atom is -0.375 e. The van der Waals surface area contributed by atoms with Gasteiger partial charge in [0.15, 0.2) is 0 Å². The first kappa shape index (κ1) is 21.9. The molecule has 0 saturated carbocycles. The van der Waals surface area contributed by atoms with Gasteiger partial charge in [-0.3, -0.25) is 19.4 Å². The molecule has 2 aromatic rings. The third kappa shape index (κ3) is 3.93. The molecule has 3 rings (SSSR count). The van der Waals surface area contributed by atoms with E-state index in [1.807, 2.05) is 32.0 Å². The number of hydrogen-bond donors (Lipinski definition) is 0. The highest BCUT2D eigenvalue weighted by molar-refractivity contribution is 7.15. The molecular weight excluding hydrogens is 402 g/mol. The van der Waals surface area contributed by atoms with Crippen LogP contribution in [0.3, 0.4) is 0 Å². The maximum Gasteiger partial charge on any atom is 0.252 e. The third-order valence-corrected chi connectivity index (χ3v) is 6.47. The van der Waals surface area contributed by atoms with Crippen molar-refractivity contribution in [2.75, 3.05) is 34.4 Å². The van der Waals surface area contributed by atoms with Crippen LogP contribution >= 0.6 is 11.3 Å². The van der Waals surface area contributed by atoms with E-state index >= 15 is 0 Å². The Hall–Kier alpha value is -2.84. The molecule has 0 bridgehead atoms. The summed E-state index contributed by atoms with van der Waals surface area (Å²) in [6.07, 6.45) is 2.32. The summed E-state index contributed by atoms with van der Waals surface area (Å²) in [5.41, 5.74) is 2.47. The number of pyridine rings is 1. The van der Waals surface area contributed by atoms with Gasteiger partial charge in [0.25, 0.3) is 5.91 Å². The first-order valence-corrected chi connectivity index (χ1v) is 10.4. The van der Waals surface area contributed by atoms with E-state index in [-0.39, 0.29) is 29.6 Å². The average molecular weight is 428 g/mol. The van der Waals surface area contributed by atoms with Crippen molar-refractivity contribution in [3.8, 4) is 0 Å². The molecule has 0 atom stereocenters. The lowest BCUT2D eigenvalue weighted by Gasteiger charge is -2.31. The minimum atomic E-state index is -0.391. The van der Waals surface area contributed by atoms with Gasteiger partial charge in [0, 0.05) is 56.5 Å². The Kier molecular flexibility index (Phi) is 6.48. The zero-order chi connectivity index (χ0) is 22.0. The van der Waals surface area contributed by atoms with Gasteiger partial charge >= 0.3 is 0 Å². The number of aromatic nitrogens is 1. The molecule has 7 nitrogen and oxygen atoms in total. The number of thiophene rings is 1. The maximum atomic E-state index is 13.5. The Bertz CT molecular complexity index is 1030. The van der Waals surface area contributed by atoms with Crippen LogP contribution in [0.2, 0.25) is 0 Å². The highest BCUT2D eigenvalue weighted by Crippen LogP contribution is 2.37. The van der Waals surface area contributed by atoms with Crippen LogP contribution < -0.4 is 0 Å². The molecule has 0 radical (unpaired) electrons. The van der Waals surface area contributed by atoms with E-state index in [9.17, 15) is 14.4 Å². The third-order valence-electron chi connectivity index (χ3n) is 5.26. The van der Waals surface area contributed by atoms with Crippen LogP contribution in [-0.4, -0.2) is 66.6 Å². The molecule has 0 spiro atoms. The van der Waals surface area contributed by atoms with Gasteiger partial charge in [-0.05, 0) is 31.5 Å². The van der Waals surface area contributed by atoms with Crippen LogP contribution in [0.15, 0.2) is 35.8 Å². The summed E-state index contributed by atoms with van der Waals surface area (Å²) < 4.78 is 4.94. The van der Waals surface area contributed by atoms with E-state index in [2.05, 4.69) is 4.98 Å². The van der Waals surface area contributed by atoms with Gasteiger partial charge in [0.05, 0.1) is 4.88 Å². The number of nitrogens with zero attached hydrogens (tertiary/aromatic N) is 3. The predicted octanol–water partition coefficient (Wildman–Crippen LogP) is 2.63. The lowest BCUT2D eigenvalue weighted by molar-refractivity contribution is -0.131. The fraction of sp³-hybridized carbons (Fsp3) is 0.364. The molecule has 1 aliphatic rings. The van der Waals surface area contributed by atoms with E-state index in [0.717, 1.165) is 16.1 Å². The topological polar surface area (TPSA) is 79.8 Å². The molecule has 0 aromatic carbocycles. The van der Waals surface area contributed by atoms with Gasteiger partial charge in [0.1, 0.15) is 18.0 Å². The standard InChI is InChI=1S/C22H25N3O4S/c1-13-14(2)30-22-17(13)20(27)18(19(21(22)28)25(4)16(26)12-29-5)24(3)11-9-15-8-6-7-10-23-15/h6-8,10H,9,11-12H2,1-5H3. The molecule has 2 heterocycles. The van der Waals surface area contributed by atoms with Gasteiger partial charge in [-0.2, -0.15) is 0 Å². The van der Waals surface area contributed by atoms with E-state index in [1.54, 1.807) is 18.1 Å². The van der Waals surface area contributed by atoms with E-state index in [4.69, 9.17) is 4.74 Å². The Morgan fingerprint density at radius 3 is 2.50 bits per heavy atom. The molecule has 1 aliphatic carbocycles. The average Bonchev–Trinajstić information content (AvgIpc) is 3.04. The molecule has 1 amide bonds. The van der Waals surface area contributed by atoms with Gasteiger partial charge in [-0.15, -0.1) is 11.3 Å². The van der Waals surface area contributed by atoms with Crippen molar-refractivity contribution < 1.29 is 19.1 Å². The molecule has 30 heavy (non-hydrogen) atoms. The van der Waals surface area contributed by atoms with Crippen molar-refractivity contribution >= 4 is 28.8 Å². The van der Waals surface area contributed by atoms with Gasteiger partial charge in [0.2, 0.25) is 11.6 Å². The number of hydrogen-bond acceptors (Lipinski definition) is 7. The quantitative estimate of drug-likeness (QED) is 0.676. The Morgan fingerprint density at radius 2 is 1.87 bits per heavy atom. The van der Waals surface area contributed by atoms with Crippen LogP contribution in [0.4, 0.5) is 0 Å². The molecule has 158 valence electrons. The van der Waals surface area contributed by atoms with Crippen LogP contribution in [-0.2, 0) is 16.0 Å². The largest absolute Gasteiger partial charge is 0.375 e. The number of rotatable bonds is 7. The Labute approximate surface area is 180 Å². The number of ketones is 2. The number of aryl methyl sites for hydroxylation is 1. The summed E-state index contributed by atoms with van der Waals surface area (Å²) in [5.74, 6) is -0.933. The second-order valence-electron chi connectivity index (χ2n) is 7.22. The molecule has 0 saturated heterocycles. The molecular formula is C22H25N3O4S. The zero-order valence-corrected chi connectivity index (χ0v) is 18.6. The summed E-state index contributed by atoms with van der Waals surface area (Å²) in [7, 11) is 4.68. The monoisotopic (exact) mass is 427 g/mol. The zero-order valence-electron chi connectivity index (χ0n) is 17.8. The molecule has 0 fully saturated rings. The molecule has 2 aromatic heterocycles. The number of ether oxygens (including phenoxy) is 1. The molecule has 0 aliphatic heterocycles. The normalized spacial score (nSPS) is 13.5. The summed E-state index contributed by atoms with van der Waals surface area (Å²) in [6, 6.07) is 5.66. The van der Waals surface area contributed by atoms with E-state index in [0.29, 0.717) is 23.4 Å². The number of allylic oxidation sites excluding steroid dienone is 2. The molecule has 8 heteroatoms. The lowest BCUT2D eigenvalue weighted by atomic mass is 9.92. The van der Waals surface area contributed by atoms with E-state index in [1.165, 1.54) is 30.4 Å². The lowest BCUT2D eigenvalue weighted by Crippen LogP contribution is -2.41. The fourth-order valence-electron chi connectivity index (χ4n) is 3.45. The molecule has 0 N–H and O–H groups in total. The van der Waals surface area contributed by atoms with Crippen molar-refractivity contribution in [1.29, 1.82) is 0 Å². The van der Waals surface area contributed by atoms with Crippen molar-refractivity contribution in [2.45, 2.75) is 20.3 Å².